The van der Waals surface area contributed by atoms with Crippen LogP contribution in [0.4, 0.5) is 0 Å². The summed E-state index contributed by atoms with van der Waals surface area (Å²) in [6, 6.07) is 0. The van der Waals surface area contributed by atoms with E-state index < -0.39 is 36.8 Å². The Balaban J connectivity index is 0.00000200. The molecule has 0 bridgehead atoms. The molecule has 1 aromatic rings. The first kappa shape index (κ1) is 17.7. The third kappa shape index (κ3) is 3.10. The first-order chi connectivity index (χ1) is 8.99. The molecule has 1 saturated heterocycles. The standard InChI is InChI=1S/C11H16N3O5.Y/c1-5-3-14(11(18)13-9(5)12-2)10-8(17)7(16)6(4-15)19-10;/h6-8,10,15-17H,4H2,1-2H3,(H,12,13,18);/q-1;/t6-,7-,8-,10-;/m1./s1. The number of aryl methyl sites for hydroxylation is 1. The van der Waals surface area contributed by atoms with Gasteiger partial charge >= 0.3 is 0 Å². The van der Waals surface area contributed by atoms with E-state index in [1.165, 1.54) is 7.05 Å². The van der Waals surface area contributed by atoms with Crippen molar-refractivity contribution in [3.63, 3.8) is 0 Å². The first-order valence-corrected chi connectivity index (χ1v) is 5.79. The van der Waals surface area contributed by atoms with Crippen LogP contribution in [0.25, 0.3) is 0 Å². The second kappa shape index (κ2) is 7.06. The molecule has 109 valence electrons. The summed E-state index contributed by atoms with van der Waals surface area (Å²) in [5.74, 6) is 0. The van der Waals surface area contributed by atoms with Crippen molar-refractivity contribution in [3.8, 4) is 0 Å². The second-order valence-corrected chi connectivity index (χ2v) is 4.34. The van der Waals surface area contributed by atoms with Gasteiger partial charge in [0.15, 0.2) is 0 Å². The maximum atomic E-state index is 11.9. The van der Waals surface area contributed by atoms with Crippen LogP contribution in [-0.4, -0.2) is 56.8 Å². The zero-order valence-corrected chi connectivity index (χ0v) is 14.0. The van der Waals surface area contributed by atoms with Crippen molar-refractivity contribution < 1.29 is 52.8 Å². The Hall–Kier alpha value is -0.376. The largest absolute Gasteiger partial charge is 0.399 e. The van der Waals surface area contributed by atoms with Crippen molar-refractivity contribution in [2.45, 2.75) is 31.5 Å². The van der Waals surface area contributed by atoms with Crippen LogP contribution in [0, 0.1) is 13.1 Å². The van der Waals surface area contributed by atoms with Crippen LogP contribution in [-0.2, 0) is 37.4 Å². The Morgan fingerprint density at radius 3 is 2.60 bits per heavy atom. The summed E-state index contributed by atoms with van der Waals surface area (Å²) in [7, 11) is 1.53. The molecule has 1 aliphatic heterocycles. The van der Waals surface area contributed by atoms with Gasteiger partial charge in [0.1, 0.15) is 24.5 Å². The predicted molar refractivity (Wildman–Crippen MR) is 63.1 cm³/mol. The van der Waals surface area contributed by atoms with Gasteiger partial charge in [-0.3, -0.25) is 0 Å². The van der Waals surface area contributed by atoms with Crippen LogP contribution >= 0.6 is 0 Å². The maximum Gasteiger partial charge on any atom is 0.213 e. The van der Waals surface area contributed by atoms with Gasteiger partial charge in [-0.05, 0) is 0 Å². The SMILES string of the molecule is CN=c1[nH]c(=O)n([C@@H]2O[C@H](CO)[C@@H](O)[C@H]2O)[c-]c1C.[Y]. The normalized spacial score (nSPS) is 30.4. The van der Waals surface area contributed by atoms with Crippen molar-refractivity contribution >= 4 is 0 Å². The van der Waals surface area contributed by atoms with Gasteiger partial charge in [-0.15, -0.1) is 5.56 Å². The molecule has 4 atom stereocenters. The zero-order valence-electron chi connectivity index (χ0n) is 11.1. The fourth-order valence-corrected chi connectivity index (χ4v) is 2.04. The number of aliphatic hydroxyl groups is 3. The molecule has 0 aliphatic carbocycles. The van der Waals surface area contributed by atoms with E-state index in [0.717, 1.165) is 4.57 Å². The number of hydrogen-bond acceptors (Lipinski definition) is 6. The van der Waals surface area contributed by atoms with E-state index in [2.05, 4.69) is 16.2 Å². The molecule has 0 saturated carbocycles. The third-order valence-electron chi connectivity index (χ3n) is 3.08. The number of ether oxygens (including phenoxy) is 1. The van der Waals surface area contributed by atoms with Crippen LogP contribution in [0.15, 0.2) is 9.79 Å². The number of rotatable bonds is 2. The number of nitrogens with one attached hydrogen (secondary N) is 1. The summed E-state index contributed by atoms with van der Waals surface area (Å²) in [5.41, 5.74) is 0.383. The van der Waals surface area contributed by atoms with Crippen LogP contribution in [0.1, 0.15) is 11.8 Å². The smallest absolute Gasteiger partial charge is 0.213 e. The Labute approximate surface area is 140 Å². The van der Waals surface area contributed by atoms with Gasteiger partial charge in [0.05, 0.1) is 6.61 Å². The minimum Gasteiger partial charge on any atom is -0.399 e. The molecule has 9 heteroatoms. The molecule has 0 unspecified atom stereocenters. The molecule has 0 aromatic carbocycles. The van der Waals surface area contributed by atoms with Crippen LogP contribution in [0.5, 0.6) is 0 Å². The summed E-state index contributed by atoms with van der Waals surface area (Å²) in [5, 5.41) is 28.5. The number of aromatic nitrogens is 2. The molecule has 1 fully saturated rings. The average molecular weight is 359 g/mol. The number of aliphatic hydroxyl groups excluding tert-OH is 3. The van der Waals surface area contributed by atoms with Gasteiger partial charge in [0, 0.05) is 45.2 Å². The van der Waals surface area contributed by atoms with E-state index in [0.29, 0.717) is 11.1 Å². The van der Waals surface area contributed by atoms with Crippen molar-refractivity contribution in [1.29, 1.82) is 0 Å². The summed E-state index contributed by atoms with van der Waals surface area (Å²) in [6.07, 6.45) is -1.87. The number of H-pyrrole nitrogens is 1. The molecule has 1 aromatic heterocycles. The van der Waals surface area contributed by atoms with Gasteiger partial charge in [-0.2, -0.15) is 0 Å². The fourth-order valence-electron chi connectivity index (χ4n) is 2.04. The van der Waals surface area contributed by atoms with Crippen LogP contribution < -0.4 is 11.2 Å². The van der Waals surface area contributed by atoms with E-state index in [1.807, 2.05) is 0 Å². The van der Waals surface area contributed by atoms with E-state index in [4.69, 9.17) is 9.84 Å². The molecule has 0 amide bonds. The Morgan fingerprint density at radius 1 is 1.45 bits per heavy atom. The molecule has 1 aliphatic rings. The van der Waals surface area contributed by atoms with Crippen LogP contribution in [0.2, 0.25) is 0 Å². The van der Waals surface area contributed by atoms with Crippen molar-refractivity contribution in [2.24, 2.45) is 4.99 Å². The summed E-state index contributed by atoms with van der Waals surface area (Å²) < 4.78 is 6.28. The van der Waals surface area contributed by atoms with Crippen molar-refractivity contribution in [3.05, 3.63) is 27.7 Å². The second-order valence-electron chi connectivity index (χ2n) is 4.34. The summed E-state index contributed by atoms with van der Waals surface area (Å²) in [4.78, 5) is 18.3. The van der Waals surface area contributed by atoms with E-state index in [9.17, 15) is 15.0 Å². The molecule has 8 nitrogen and oxygen atoms in total. The number of aromatic amines is 1. The molecule has 20 heavy (non-hydrogen) atoms. The Morgan fingerprint density at radius 2 is 2.10 bits per heavy atom. The van der Waals surface area contributed by atoms with Gasteiger partial charge in [0.25, 0.3) is 0 Å². The first-order valence-electron chi connectivity index (χ1n) is 5.79. The third-order valence-corrected chi connectivity index (χ3v) is 3.08. The van der Waals surface area contributed by atoms with Gasteiger partial charge in [0.2, 0.25) is 5.69 Å². The maximum absolute atomic E-state index is 11.9. The molecule has 2 rings (SSSR count). The number of hydrogen-bond donors (Lipinski definition) is 4. The Kier molecular flexibility index (Phi) is 6.24. The average Bonchev–Trinajstić information content (AvgIpc) is 2.68. The topological polar surface area (TPSA) is 120 Å². The summed E-state index contributed by atoms with van der Waals surface area (Å²) >= 11 is 0. The Bertz CT molecular complexity index is 584. The molecular formula is C11H16N3O5Y-. The molecule has 4 N–H and O–H groups in total. The van der Waals surface area contributed by atoms with Crippen molar-refractivity contribution in [1.82, 2.24) is 9.55 Å². The van der Waals surface area contributed by atoms with Crippen LogP contribution in [0.3, 0.4) is 0 Å². The summed E-state index contributed by atoms with van der Waals surface area (Å²) in [6.45, 7) is 1.24. The molecule has 0 spiro atoms. The van der Waals surface area contributed by atoms with E-state index in [1.54, 1.807) is 6.92 Å². The molecule has 2 heterocycles. The quantitative estimate of drug-likeness (QED) is 0.433. The molecular weight excluding hydrogens is 343 g/mol. The van der Waals surface area contributed by atoms with Gasteiger partial charge < -0.3 is 39.4 Å². The molecule has 1 radical (unpaired) electrons. The minimum atomic E-state index is -1.32. The van der Waals surface area contributed by atoms with E-state index >= 15 is 0 Å². The monoisotopic (exact) mass is 359 g/mol. The predicted octanol–water partition coefficient (Wildman–Crippen LogP) is -2.58. The zero-order chi connectivity index (χ0) is 14.2. The van der Waals surface area contributed by atoms with Gasteiger partial charge in [-0.25, -0.2) is 0 Å². The number of nitrogens with zero attached hydrogens (tertiary/aromatic N) is 2. The van der Waals surface area contributed by atoms with Gasteiger partial charge in [-0.1, -0.05) is 13.1 Å². The van der Waals surface area contributed by atoms with E-state index in [-0.39, 0.29) is 32.7 Å². The van der Waals surface area contributed by atoms with Crippen molar-refractivity contribution in [2.75, 3.05) is 13.7 Å². The fraction of sp³-hybridized carbons (Fsp3) is 0.636. The minimum absolute atomic E-state index is 0.